The Morgan fingerprint density at radius 1 is 1.24 bits per heavy atom. The molecular weight excluding hydrogens is 683 g/mol. The summed E-state index contributed by atoms with van der Waals surface area (Å²) in [6, 6.07) is 6.91. The predicted octanol–water partition coefficient (Wildman–Crippen LogP) is 4.47. The van der Waals surface area contributed by atoms with Gasteiger partial charge in [-0.3, -0.25) is 0 Å². The van der Waals surface area contributed by atoms with Crippen LogP contribution in [0.15, 0.2) is 29.2 Å². The van der Waals surface area contributed by atoms with Crippen molar-refractivity contribution in [3.8, 4) is 11.8 Å². The second kappa shape index (κ2) is 12.6. The monoisotopic (exact) mass is 703 g/mol. The van der Waals surface area contributed by atoms with Crippen molar-refractivity contribution in [3.63, 3.8) is 0 Å². The van der Waals surface area contributed by atoms with Gasteiger partial charge in [-0.15, -0.1) is 5.92 Å². The number of primary amides is 1. The number of hydrogen-bond donors (Lipinski definition) is 1. The van der Waals surface area contributed by atoms with E-state index in [0.717, 1.165) is 5.56 Å². The van der Waals surface area contributed by atoms with Crippen LogP contribution in [0.3, 0.4) is 0 Å². The number of carbonyl (C=O) groups excluding carboxylic acids is 1. The quantitative estimate of drug-likeness (QED) is 0.279. The minimum atomic E-state index is -3.12. The van der Waals surface area contributed by atoms with Crippen LogP contribution in [-0.2, 0) is 14.6 Å². The Labute approximate surface area is 190 Å². The van der Waals surface area contributed by atoms with Crippen molar-refractivity contribution in [3.05, 3.63) is 29.8 Å². The number of alkyl halides is 3. The average Bonchev–Trinajstić information content (AvgIpc) is 2.51. The van der Waals surface area contributed by atoms with Gasteiger partial charge in [-0.25, -0.2) is 13.2 Å². The van der Waals surface area contributed by atoms with Crippen molar-refractivity contribution < 1.29 is 17.9 Å². The van der Waals surface area contributed by atoms with Gasteiger partial charge in [0.25, 0.3) is 0 Å². The standard InChI is InChI=1S/C8H8I2O2S.C8H12INO2/c1-6-2-4-7(5-3-6)13(11,12)8(9)10;1-3-4-7(6(2)9)5-12-8(10)11/h2-5,8H,1H3;6-7H,5H2,1-2H3,(H2,10,11). The van der Waals surface area contributed by atoms with Crippen LogP contribution in [0.5, 0.6) is 0 Å². The first-order valence-electron chi connectivity index (χ1n) is 7.09. The normalized spacial score (nSPS) is 12.9. The molecule has 1 aromatic carbocycles. The lowest BCUT2D eigenvalue weighted by Gasteiger charge is -2.12. The zero-order chi connectivity index (χ0) is 19.6. The predicted molar refractivity (Wildman–Crippen MR) is 126 cm³/mol. The smallest absolute Gasteiger partial charge is 0.404 e. The van der Waals surface area contributed by atoms with Gasteiger partial charge in [-0.05, 0) is 26.0 Å². The maximum absolute atomic E-state index is 11.6. The molecule has 5 nitrogen and oxygen atoms in total. The van der Waals surface area contributed by atoms with Crippen LogP contribution >= 0.6 is 67.8 Å². The Bertz CT molecular complexity index is 707. The Hall–Kier alpha value is 0.190. The molecule has 9 heteroatoms. The van der Waals surface area contributed by atoms with Crippen molar-refractivity contribution in [1.82, 2.24) is 0 Å². The molecule has 1 rings (SSSR count). The third-order valence-corrected chi connectivity index (χ3v) is 9.16. The highest BCUT2D eigenvalue weighted by Crippen LogP contribution is 2.25. The van der Waals surface area contributed by atoms with Crippen LogP contribution in [-0.4, -0.2) is 26.3 Å². The molecule has 0 heterocycles. The van der Waals surface area contributed by atoms with Crippen LogP contribution in [0, 0.1) is 24.7 Å². The summed E-state index contributed by atoms with van der Waals surface area (Å²) in [4.78, 5) is 10.7. The number of hydrogen-bond acceptors (Lipinski definition) is 4. The van der Waals surface area contributed by atoms with Gasteiger partial charge < -0.3 is 10.5 Å². The summed E-state index contributed by atoms with van der Waals surface area (Å²) < 4.78 is 27.8. The van der Waals surface area contributed by atoms with Gasteiger partial charge in [0.1, 0.15) is 6.61 Å². The largest absolute Gasteiger partial charge is 0.448 e. The van der Waals surface area contributed by atoms with E-state index < -0.39 is 17.2 Å². The zero-order valence-electron chi connectivity index (χ0n) is 14.0. The van der Waals surface area contributed by atoms with Crippen LogP contribution in [0.4, 0.5) is 4.79 Å². The van der Waals surface area contributed by atoms with E-state index in [-0.39, 0.29) is 12.5 Å². The van der Waals surface area contributed by atoms with E-state index >= 15 is 0 Å². The summed E-state index contributed by atoms with van der Waals surface area (Å²) in [6.07, 6.45) is -0.741. The summed E-state index contributed by atoms with van der Waals surface area (Å²) in [5, 5.41) is 0. The molecule has 0 radical (unpaired) electrons. The lowest BCUT2D eigenvalue weighted by molar-refractivity contribution is 0.147. The molecule has 25 heavy (non-hydrogen) atoms. The van der Waals surface area contributed by atoms with Gasteiger partial charge in [0.05, 0.1) is 10.8 Å². The van der Waals surface area contributed by atoms with Gasteiger partial charge in [0.2, 0.25) is 0 Å². The van der Waals surface area contributed by atoms with E-state index in [1.165, 1.54) is 0 Å². The summed E-state index contributed by atoms with van der Waals surface area (Å²) in [5.74, 6) is 5.81. The molecule has 0 saturated heterocycles. The molecule has 0 aromatic heterocycles. The molecule has 0 fully saturated rings. The Kier molecular flexibility index (Phi) is 12.6. The van der Waals surface area contributed by atoms with E-state index in [1.54, 1.807) is 19.1 Å². The fraction of sp³-hybridized carbons (Fsp3) is 0.438. The maximum atomic E-state index is 11.6. The topological polar surface area (TPSA) is 86.5 Å². The molecule has 1 amide bonds. The fourth-order valence-electron chi connectivity index (χ4n) is 1.48. The number of nitrogens with two attached hydrogens (primary N) is 1. The van der Waals surface area contributed by atoms with Crippen molar-refractivity contribution >= 4 is 83.7 Å². The first-order chi connectivity index (χ1) is 11.5. The second-order valence-electron chi connectivity index (χ2n) is 4.93. The van der Waals surface area contributed by atoms with Gasteiger partial charge in [0, 0.05) is 3.92 Å². The molecule has 2 N–H and O–H groups in total. The molecule has 0 aliphatic rings. The van der Waals surface area contributed by atoms with E-state index in [0.29, 0.717) is 8.82 Å². The van der Waals surface area contributed by atoms with Crippen LogP contribution in [0.2, 0.25) is 0 Å². The second-order valence-corrected chi connectivity index (χ2v) is 15.5. The van der Waals surface area contributed by atoms with Crippen molar-refractivity contribution in [2.75, 3.05) is 6.61 Å². The highest BCUT2D eigenvalue weighted by Gasteiger charge is 2.21. The highest BCUT2D eigenvalue weighted by atomic mass is 127. The maximum Gasteiger partial charge on any atom is 0.404 e. The van der Waals surface area contributed by atoms with E-state index in [4.69, 9.17) is 5.73 Å². The minimum Gasteiger partial charge on any atom is -0.448 e. The lowest BCUT2D eigenvalue weighted by Crippen LogP contribution is -2.22. The van der Waals surface area contributed by atoms with Gasteiger partial charge in [-0.2, -0.15) is 0 Å². The Morgan fingerprint density at radius 3 is 2.12 bits per heavy atom. The number of halogens is 3. The van der Waals surface area contributed by atoms with Crippen LogP contribution < -0.4 is 5.73 Å². The van der Waals surface area contributed by atoms with E-state index in [9.17, 15) is 13.2 Å². The highest BCUT2D eigenvalue weighted by molar-refractivity contribution is 14.2. The fourth-order valence-corrected chi connectivity index (χ4v) is 4.35. The molecule has 140 valence electrons. The van der Waals surface area contributed by atoms with Crippen molar-refractivity contribution in [2.45, 2.75) is 30.9 Å². The molecule has 0 saturated carbocycles. The van der Waals surface area contributed by atoms with E-state index in [2.05, 4.69) is 39.2 Å². The Balaban J connectivity index is 0.000000463. The molecule has 2 atom stereocenters. The van der Waals surface area contributed by atoms with Gasteiger partial charge in [-0.1, -0.05) is 98.3 Å². The number of sulfone groups is 1. The summed E-state index contributed by atoms with van der Waals surface area (Å²) >= 11 is 6.03. The SMILES string of the molecule is CC#CC(COC(N)=O)C(C)I.Cc1ccc(S(=O)(=O)C(I)I)cc1. The number of aryl methyl sites for hydroxylation is 1. The van der Waals surface area contributed by atoms with Gasteiger partial charge >= 0.3 is 6.09 Å². The first-order valence-corrected chi connectivity index (χ1v) is 12.4. The first kappa shape index (κ1) is 25.2. The average molecular weight is 703 g/mol. The zero-order valence-corrected chi connectivity index (χ0v) is 21.3. The minimum absolute atomic E-state index is 0.0723. The number of carbonyl (C=O) groups is 1. The third kappa shape index (κ3) is 10.2. The van der Waals surface area contributed by atoms with Crippen LogP contribution in [0.1, 0.15) is 19.4 Å². The molecule has 0 aliphatic carbocycles. The van der Waals surface area contributed by atoms with Crippen LogP contribution in [0.25, 0.3) is 0 Å². The van der Waals surface area contributed by atoms with Crippen molar-refractivity contribution in [2.24, 2.45) is 11.7 Å². The summed E-state index contributed by atoms with van der Waals surface area (Å²) in [6.45, 7) is 5.98. The van der Waals surface area contributed by atoms with E-state index in [1.807, 2.05) is 71.2 Å². The third-order valence-electron chi connectivity index (χ3n) is 2.87. The molecule has 2 unspecified atom stereocenters. The summed E-state index contributed by atoms with van der Waals surface area (Å²) in [5.41, 5.74) is 5.89. The molecule has 0 bridgehead atoms. The lowest BCUT2D eigenvalue weighted by atomic mass is 10.1. The molecular formula is C16H20I3NO4S. The number of rotatable bonds is 5. The molecule has 0 spiro atoms. The Morgan fingerprint density at radius 2 is 1.76 bits per heavy atom. The number of benzene rings is 1. The summed E-state index contributed by atoms with van der Waals surface area (Å²) in [7, 11) is -3.12. The van der Waals surface area contributed by atoms with Gasteiger partial charge in [0.15, 0.2) is 11.1 Å². The van der Waals surface area contributed by atoms with Crippen molar-refractivity contribution in [1.29, 1.82) is 0 Å². The number of amides is 1. The molecule has 1 aromatic rings. The number of ether oxygens (including phenoxy) is 1. The molecule has 0 aliphatic heterocycles.